The van der Waals surface area contributed by atoms with Crippen molar-refractivity contribution in [2.75, 3.05) is 26.3 Å². The van der Waals surface area contributed by atoms with Gasteiger partial charge >= 0.3 is 0 Å². The number of aliphatic imine (C=N–C) groups is 1. The molecule has 2 aliphatic heterocycles. The SMILES string of the molecule is CCOc1cc(CN2CCC3(CC2)N=C(c2ccccc2)NC3=O)cc(OCC)c1-n1cccc1. The highest BCUT2D eigenvalue weighted by atomic mass is 16.5. The molecule has 7 heteroatoms. The normalized spacial score (nSPS) is 17.3. The number of likely N-dealkylation sites (tertiary alicyclic amines) is 1. The van der Waals surface area contributed by atoms with Crippen molar-refractivity contribution < 1.29 is 14.3 Å². The first-order valence-electron chi connectivity index (χ1n) is 12.4. The number of rotatable bonds is 8. The molecule has 2 aliphatic rings. The number of hydrogen-bond acceptors (Lipinski definition) is 5. The number of aromatic nitrogens is 1. The Kier molecular flexibility index (Phi) is 6.59. The van der Waals surface area contributed by atoms with Gasteiger partial charge in [-0.1, -0.05) is 30.3 Å². The molecular formula is C28H32N4O3. The van der Waals surface area contributed by atoms with Crippen molar-refractivity contribution in [3.63, 3.8) is 0 Å². The van der Waals surface area contributed by atoms with E-state index in [1.54, 1.807) is 0 Å². The number of carbonyl (C=O) groups is 1. The Hall–Kier alpha value is -3.58. The Morgan fingerprint density at radius 2 is 1.57 bits per heavy atom. The molecule has 1 N–H and O–H groups in total. The summed E-state index contributed by atoms with van der Waals surface area (Å²) in [6.45, 7) is 7.50. The van der Waals surface area contributed by atoms with Crippen molar-refractivity contribution in [3.05, 3.63) is 78.1 Å². The molecule has 2 aromatic carbocycles. The van der Waals surface area contributed by atoms with E-state index < -0.39 is 5.54 Å². The van der Waals surface area contributed by atoms with Crippen molar-refractivity contribution in [1.82, 2.24) is 14.8 Å². The third-order valence-electron chi connectivity index (χ3n) is 6.68. The number of ether oxygens (including phenoxy) is 2. The van der Waals surface area contributed by atoms with Crippen LogP contribution in [-0.2, 0) is 11.3 Å². The molecule has 3 heterocycles. The van der Waals surface area contributed by atoms with E-state index in [2.05, 4.69) is 22.3 Å². The van der Waals surface area contributed by atoms with Crippen LogP contribution in [-0.4, -0.2) is 53.1 Å². The van der Waals surface area contributed by atoms with Gasteiger partial charge in [-0.3, -0.25) is 14.7 Å². The fourth-order valence-corrected chi connectivity index (χ4v) is 4.92. The van der Waals surface area contributed by atoms with Gasteiger partial charge in [0.2, 0.25) is 0 Å². The maximum atomic E-state index is 12.9. The van der Waals surface area contributed by atoms with E-state index in [9.17, 15) is 4.79 Å². The lowest BCUT2D eigenvalue weighted by Crippen LogP contribution is -2.48. The highest BCUT2D eigenvalue weighted by molar-refractivity contribution is 6.15. The molecule has 1 amide bonds. The van der Waals surface area contributed by atoms with Crippen molar-refractivity contribution in [1.29, 1.82) is 0 Å². The summed E-state index contributed by atoms with van der Waals surface area (Å²) in [5.74, 6) is 2.33. The van der Waals surface area contributed by atoms with E-state index in [0.29, 0.717) is 31.9 Å². The summed E-state index contributed by atoms with van der Waals surface area (Å²) in [6, 6.07) is 18.1. The number of nitrogens with zero attached hydrogens (tertiary/aromatic N) is 3. The van der Waals surface area contributed by atoms with Crippen LogP contribution >= 0.6 is 0 Å². The Balaban J connectivity index is 1.34. The Labute approximate surface area is 206 Å². The minimum absolute atomic E-state index is 0.0179. The van der Waals surface area contributed by atoms with Gasteiger partial charge in [-0.2, -0.15) is 0 Å². The Morgan fingerprint density at radius 1 is 0.943 bits per heavy atom. The Morgan fingerprint density at radius 3 is 2.17 bits per heavy atom. The van der Waals surface area contributed by atoms with Crippen molar-refractivity contribution >= 4 is 11.7 Å². The highest BCUT2D eigenvalue weighted by Gasteiger charge is 2.45. The molecule has 3 aromatic rings. The molecule has 7 nitrogen and oxygen atoms in total. The summed E-state index contributed by atoms with van der Waals surface area (Å²) in [5.41, 5.74) is 2.35. The van der Waals surface area contributed by atoms with Crippen LogP contribution in [0.3, 0.4) is 0 Å². The quantitative estimate of drug-likeness (QED) is 0.534. The van der Waals surface area contributed by atoms with Gasteiger partial charge in [0.05, 0.1) is 13.2 Å². The van der Waals surface area contributed by atoms with E-state index in [1.807, 2.05) is 73.3 Å². The molecule has 0 atom stereocenters. The molecule has 1 fully saturated rings. The first-order valence-corrected chi connectivity index (χ1v) is 12.4. The second-order valence-electron chi connectivity index (χ2n) is 8.99. The molecule has 182 valence electrons. The van der Waals surface area contributed by atoms with Crippen LogP contribution in [0.25, 0.3) is 5.69 Å². The second-order valence-corrected chi connectivity index (χ2v) is 8.99. The van der Waals surface area contributed by atoms with Crippen LogP contribution in [0.4, 0.5) is 0 Å². The third-order valence-corrected chi connectivity index (χ3v) is 6.68. The number of benzene rings is 2. The lowest BCUT2D eigenvalue weighted by Gasteiger charge is -2.35. The summed E-state index contributed by atoms with van der Waals surface area (Å²) < 4.78 is 14.1. The molecule has 5 rings (SSSR count). The number of piperidine rings is 1. The number of nitrogens with one attached hydrogen (secondary N) is 1. The fraction of sp³-hybridized carbons (Fsp3) is 0.357. The zero-order valence-corrected chi connectivity index (χ0v) is 20.4. The van der Waals surface area contributed by atoms with Gasteiger partial charge in [-0.25, -0.2) is 0 Å². The topological polar surface area (TPSA) is 68.1 Å². The number of amidine groups is 1. The summed E-state index contributed by atoms with van der Waals surface area (Å²) in [4.78, 5) is 20.2. The van der Waals surface area contributed by atoms with Crippen LogP contribution in [0.1, 0.15) is 37.8 Å². The minimum Gasteiger partial charge on any atom is -0.492 e. The fourth-order valence-electron chi connectivity index (χ4n) is 4.92. The van der Waals surface area contributed by atoms with Crippen LogP contribution in [0.15, 0.2) is 72.0 Å². The van der Waals surface area contributed by atoms with E-state index in [1.165, 1.54) is 0 Å². The van der Waals surface area contributed by atoms with Gasteiger partial charge in [0, 0.05) is 37.6 Å². The van der Waals surface area contributed by atoms with Crippen molar-refractivity contribution in [2.45, 2.75) is 38.8 Å². The summed E-state index contributed by atoms with van der Waals surface area (Å²) in [5, 5.41) is 3.01. The Bertz CT molecular complexity index is 1170. The molecule has 0 radical (unpaired) electrons. The van der Waals surface area contributed by atoms with Crippen LogP contribution in [0, 0.1) is 0 Å². The minimum atomic E-state index is -0.660. The first-order chi connectivity index (χ1) is 17.1. The maximum Gasteiger partial charge on any atom is 0.253 e. The molecule has 0 unspecified atom stereocenters. The number of amides is 1. The average Bonchev–Trinajstić information content (AvgIpc) is 3.50. The summed E-state index contributed by atoms with van der Waals surface area (Å²) in [7, 11) is 0. The van der Waals surface area contributed by atoms with Gasteiger partial charge in [0.15, 0.2) is 0 Å². The predicted molar refractivity (Wildman–Crippen MR) is 136 cm³/mol. The van der Waals surface area contributed by atoms with Crippen LogP contribution in [0.2, 0.25) is 0 Å². The van der Waals surface area contributed by atoms with E-state index in [-0.39, 0.29) is 5.91 Å². The first kappa shape index (κ1) is 23.2. The van der Waals surface area contributed by atoms with Crippen LogP contribution < -0.4 is 14.8 Å². The smallest absolute Gasteiger partial charge is 0.253 e. The number of hydrogen-bond donors (Lipinski definition) is 1. The monoisotopic (exact) mass is 472 g/mol. The van der Waals surface area contributed by atoms with E-state index >= 15 is 0 Å². The largest absolute Gasteiger partial charge is 0.492 e. The lowest BCUT2D eigenvalue weighted by atomic mass is 9.88. The summed E-state index contributed by atoms with van der Waals surface area (Å²) in [6.07, 6.45) is 5.41. The van der Waals surface area contributed by atoms with E-state index in [4.69, 9.17) is 14.5 Å². The molecule has 0 aliphatic carbocycles. The lowest BCUT2D eigenvalue weighted by molar-refractivity contribution is -0.125. The molecule has 1 saturated heterocycles. The molecule has 0 saturated carbocycles. The van der Waals surface area contributed by atoms with Gasteiger partial charge in [0.1, 0.15) is 28.6 Å². The highest BCUT2D eigenvalue weighted by Crippen LogP contribution is 2.36. The molecule has 1 spiro atoms. The van der Waals surface area contributed by atoms with E-state index in [0.717, 1.165) is 47.9 Å². The average molecular weight is 473 g/mol. The molecular weight excluding hydrogens is 440 g/mol. The predicted octanol–water partition coefficient (Wildman–Crippen LogP) is 4.19. The zero-order chi connectivity index (χ0) is 24.3. The second kappa shape index (κ2) is 9.96. The van der Waals surface area contributed by atoms with Gasteiger partial charge in [-0.15, -0.1) is 0 Å². The molecule has 1 aromatic heterocycles. The summed E-state index contributed by atoms with van der Waals surface area (Å²) >= 11 is 0. The van der Waals surface area contributed by atoms with Gasteiger partial charge < -0.3 is 19.4 Å². The maximum absolute atomic E-state index is 12.9. The molecule has 0 bridgehead atoms. The van der Waals surface area contributed by atoms with Crippen molar-refractivity contribution in [3.8, 4) is 17.2 Å². The zero-order valence-electron chi connectivity index (χ0n) is 20.4. The molecule has 35 heavy (non-hydrogen) atoms. The van der Waals surface area contributed by atoms with Gasteiger partial charge in [0.25, 0.3) is 5.91 Å². The van der Waals surface area contributed by atoms with Crippen molar-refractivity contribution in [2.24, 2.45) is 4.99 Å². The van der Waals surface area contributed by atoms with Gasteiger partial charge in [-0.05, 0) is 56.5 Å². The third kappa shape index (κ3) is 4.68. The number of carbonyl (C=O) groups excluding carboxylic acids is 1. The van der Waals surface area contributed by atoms with Crippen LogP contribution in [0.5, 0.6) is 11.5 Å². The standard InChI is InChI=1S/C28H32N4O3/c1-3-34-23-18-21(19-24(35-4-2)25(23)32-14-8-9-15-32)20-31-16-12-28(13-17-31)27(33)29-26(30-28)22-10-6-5-7-11-22/h5-11,14-15,18-19H,3-4,12-13,16-17,20H2,1-2H3,(H,29,30,33).